The molecule has 0 fully saturated rings. The van der Waals surface area contributed by atoms with Crippen molar-refractivity contribution in [1.29, 1.82) is 0 Å². The molecule has 68 valence electrons. The molecule has 0 aromatic rings. The second-order valence-electron chi connectivity index (χ2n) is 2.95. The molecule has 2 N–H and O–H groups in total. The molecule has 0 rings (SSSR count). The van der Waals surface area contributed by atoms with Gasteiger partial charge in [-0.1, -0.05) is 33.1 Å². The van der Waals surface area contributed by atoms with Gasteiger partial charge >= 0.3 is 0 Å². The Kier molecular flexibility index (Phi) is 8.64. The zero-order valence-corrected chi connectivity index (χ0v) is 8.62. The summed E-state index contributed by atoms with van der Waals surface area (Å²) in [6, 6.07) is 0. The third kappa shape index (κ3) is 6.70. The van der Waals surface area contributed by atoms with Gasteiger partial charge in [-0.05, 0) is 18.1 Å². The number of hydrogen-bond donors (Lipinski definition) is 1. The summed E-state index contributed by atoms with van der Waals surface area (Å²) in [4.78, 5) is 0. The van der Waals surface area contributed by atoms with Crippen LogP contribution >= 0.6 is 11.8 Å². The molecule has 0 spiro atoms. The summed E-state index contributed by atoms with van der Waals surface area (Å²) >= 11 is 1.87. The summed E-state index contributed by atoms with van der Waals surface area (Å²) in [5.41, 5.74) is 5.42. The Balaban J connectivity index is 3.25. The van der Waals surface area contributed by atoms with Crippen LogP contribution in [0.4, 0.5) is 0 Å². The first kappa shape index (κ1) is 11.3. The lowest BCUT2D eigenvalue weighted by Crippen LogP contribution is -2.05. The molecule has 0 aliphatic heterocycles. The summed E-state index contributed by atoms with van der Waals surface area (Å²) in [7, 11) is 0. The van der Waals surface area contributed by atoms with Crippen molar-refractivity contribution >= 4 is 11.8 Å². The van der Waals surface area contributed by atoms with Crippen LogP contribution in [0.2, 0.25) is 0 Å². The van der Waals surface area contributed by atoms with E-state index in [0.29, 0.717) is 0 Å². The number of thioether (sulfide) groups is 1. The summed E-state index contributed by atoms with van der Waals surface area (Å²) in [6.07, 6.45) is 5.40. The van der Waals surface area contributed by atoms with Crippen molar-refractivity contribution < 1.29 is 0 Å². The minimum atomic E-state index is 0.780. The molecule has 1 unspecified atom stereocenters. The normalized spacial score (nSPS) is 13.4. The average molecular weight is 175 g/mol. The highest BCUT2D eigenvalue weighted by atomic mass is 32.2. The first-order valence-electron chi connectivity index (χ1n) is 4.62. The van der Waals surface area contributed by atoms with Gasteiger partial charge in [0.25, 0.3) is 0 Å². The molecule has 1 nitrogen and oxygen atoms in total. The van der Waals surface area contributed by atoms with E-state index in [4.69, 9.17) is 5.73 Å². The van der Waals surface area contributed by atoms with Crippen LogP contribution in [-0.2, 0) is 0 Å². The molecule has 0 heterocycles. The van der Waals surface area contributed by atoms with Crippen LogP contribution in [0.5, 0.6) is 0 Å². The molecule has 0 radical (unpaired) electrons. The summed E-state index contributed by atoms with van der Waals surface area (Å²) < 4.78 is 0. The van der Waals surface area contributed by atoms with Crippen molar-refractivity contribution in [2.75, 3.05) is 11.6 Å². The lowest BCUT2D eigenvalue weighted by atomic mass is 10.0. The van der Waals surface area contributed by atoms with Gasteiger partial charge in [0.1, 0.15) is 0 Å². The first-order chi connectivity index (χ1) is 5.35. The van der Waals surface area contributed by atoms with E-state index in [-0.39, 0.29) is 0 Å². The van der Waals surface area contributed by atoms with Crippen LogP contribution < -0.4 is 5.73 Å². The first-order valence-corrected chi connectivity index (χ1v) is 5.78. The Bertz CT molecular complexity index is 68.0. The van der Waals surface area contributed by atoms with E-state index < -0.39 is 0 Å². The molecule has 0 aliphatic rings. The van der Waals surface area contributed by atoms with Gasteiger partial charge in [0, 0.05) is 5.88 Å². The lowest BCUT2D eigenvalue weighted by molar-refractivity contribution is 0.499. The maximum absolute atomic E-state index is 5.42. The lowest BCUT2D eigenvalue weighted by Gasteiger charge is -2.12. The van der Waals surface area contributed by atoms with Crippen molar-refractivity contribution in [3.63, 3.8) is 0 Å². The van der Waals surface area contributed by atoms with Crippen LogP contribution in [0, 0.1) is 5.92 Å². The molecule has 0 aromatic carbocycles. The molecular formula is C9H21NS. The van der Waals surface area contributed by atoms with E-state index in [1.807, 2.05) is 11.8 Å². The van der Waals surface area contributed by atoms with E-state index in [2.05, 4.69) is 13.8 Å². The number of unbranched alkanes of at least 4 members (excludes halogenated alkanes) is 1. The second-order valence-corrected chi connectivity index (χ2v) is 4.03. The van der Waals surface area contributed by atoms with Gasteiger partial charge < -0.3 is 5.73 Å². The molecular weight excluding hydrogens is 154 g/mol. The van der Waals surface area contributed by atoms with Crippen molar-refractivity contribution in [3.05, 3.63) is 0 Å². The summed E-state index contributed by atoms with van der Waals surface area (Å²) in [5, 5.41) is 0. The van der Waals surface area contributed by atoms with Gasteiger partial charge in [-0.2, -0.15) is 0 Å². The van der Waals surface area contributed by atoms with Crippen molar-refractivity contribution in [3.8, 4) is 0 Å². The Morgan fingerprint density at radius 2 is 2.09 bits per heavy atom. The second kappa shape index (κ2) is 8.41. The van der Waals surface area contributed by atoms with Gasteiger partial charge in [-0.15, -0.1) is 11.8 Å². The van der Waals surface area contributed by atoms with E-state index in [1.54, 1.807) is 0 Å². The van der Waals surface area contributed by atoms with Crippen LogP contribution in [-0.4, -0.2) is 11.6 Å². The van der Waals surface area contributed by atoms with Gasteiger partial charge in [-0.25, -0.2) is 0 Å². The predicted octanol–water partition coefficient (Wildman–Crippen LogP) is 2.85. The molecule has 0 saturated heterocycles. The van der Waals surface area contributed by atoms with Gasteiger partial charge in [0.2, 0.25) is 0 Å². The van der Waals surface area contributed by atoms with E-state index in [0.717, 1.165) is 11.8 Å². The van der Waals surface area contributed by atoms with Crippen molar-refractivity contribution in [1.82, 2.24) is 0 Å². The molecule has 2 heteroatoms. The number of hydrogen-bond acceptors (Lipinski definition) is 2. The molecule has 0 aromatic heterocycles. The van der Waals surface area contributed by atoms with E-state index in [9.17, 15) is 0 Å². The highest BCUT2D eigenvalue weighted by molar-refractivity contribution is 7.99. The molecule has 0 aliphatic carbocycles. The van der Waals surface area contributed by atoms with Crippen molar-refractivity contribution in [2.24, 2.45) is 11.7 Å². The van der Waals surface area contributed by atoms with Gasteiger partial charge in [0.05, 0.1) is 0 Å². The third-order valence-electron chi connectivity index (χ3n) is 2.01. The largest absolute Gasteiger partial charge is 0.322 e. The van der Waals surface area contributed by atoms with Crippen LogP contribution in [0.3, 0.4) is 0 Å². The SMILES string of the molecule is CCCCC(CC)CSCN. The average Bonchev–Trinajstić information content (AvgIpc) is 2.05. The van der Waals surface area contributed by atoms with Gasteiger partial charge in [0.15, 0.2) is 0 Å². The molecule has 1 atom stereocenters. The van der Waals surface area contributed by atoms with E-state index in [1.165, 1.54) is 31.4 Å². The zero-order valence-electron chi connectivity index (χ0n) is 7.81. The highest BCUT2D eigenvalue weighted by Gasteiger charge is 2.04. The molecule has 0 bridgehead atoms. The minimum Gasteiger partial charge on any atom is -0.322 e. The maximum atomic E-state index is 5.42. The Morgan fingerprint density at radius 1 is 1.36 bits per heavy atom. The topological polar surface area (TPSA) is 26.0 Å². The van der Waals surface area contributed by atoms with E-state index >= 15 is 0 Å². The quantitative estimate of drug-likeness (QED) is 0.602. The van der Waals surface area contributed by atoms with Gasteiger partial charge in [-0.3, -0.25) is 0 Å². The minimum absolute atomic E-state index is 0.780. The summed E-state index contributed by atoms with van der Waals surface area (Å²) in [6.45, 7) is 4.53. The Morgan fingerprint density at radius 3 is 2.55 bits per heavy atom. The number of rotatable bonds is 7. The molecule has 0 saturated carbocycles. The van der Waals surface area contributed by atoms with Crippen LogP contribution in [0.15, 0.2) is 0 Å². The summed E-state index contributed by atoms with van der Waals surface area (Å²) in [5.74, 6) is 2.94. The standard InChI is InChI=1S/C9H21NS/c1-3-5-6-9(4-2)7-11-8-10/h9H,3-8,10H2,1-2H3. The number of nitrogens with two attached hydrogens (primary N) is 1. The fourth-order valence-electron chi connectivity index (χ4n) is 1.13. The van der Waals surface area contributed by atoms with Crippen LogP contribution in [0.1, 0.15) is 39.5 Å². The zero-order chi connectivity index (χ0) is 8.53. The smallest absolute Gasteiger partial charge is 0.0392 e. The molecule has 11 heavy (non-hydrogen) atoms. The fourth-order valence-corrected chi connectivity index (χ4v) is 2.00. The van der Waals surface area contributed by atoms with Crippen molar-refractivity contribution in [2.45, 2.75) is 39.5 Å². The monoisotopic (exact) mass is 175 g/mol. The maximum Gasteiger partial charge on any atom is 0.0392 e. The highest BCUT2D eigenvalue weighted by Crippen LogP contribution is 2.17. The Labute approximate surface area is 75.1 Å². The Hall–Kier alpha value is 0.310. The fraction of sp³-hybridized carbons (Fsp3) is 1.00. The van der Waals surface area contributed by atoms with Crippen LogP contribution in [0.25, 0.3) is 0 Å². The molecule has 0 amide bonds. The predicted molar refractivity (Wildman–Crippen MR) is 54.8 cm³/mol. The third-order valence-corrected chi connectivity index (χ3v) is 2.96.